The number of nitrogens with zero attached hydrogens (tertiary/aromatic N) is 2. The lowest BCUT2D eigenvalue weighted by Crippen LogP contribution is -2.00. The smallest absolute Gasteiger partial charge is 0.222 e. The van der Waals surface area contributed by atoms with E-state index in [2.05, 4.69) is 20.3 Å². The molecule has 84 valence electrons. The van der Waals surface area contributed by atoms with Crippen LogP contribution in [0, 0.1) is 0 Å². The summed E-state index contributed by atoms with van der Waals surface area (Å²) in [6.07, 6.45) is 1.81. The van der Waals surface area contributed by atoms with E-state index in [0.717, 1.165) is 16.7 Å². The van der Waals surface area contributed by atoms with Crippen LogP contribution < -0.4 is 11.1 Å². The Labute approximate surface area is 97.7 Å². The highest BCUT2D eigenvalue weighted by atomic mass is 15.1. The molecular weight excluding hydrogens is 214 g/mol. The van der Waals surface area contributed by atoms with E-state index in [-0.39, 0.29) is 5.95 Å². The minimum Gasteiger partial charge on any atom is -0.368 e. The van der Waals surface area contributed by atoms with E-state index in [4.69, 9.17) is 5.73 Å². The second-order valence-electron chi connectivity index (χ2n) is 3.66. The molecule has 3 rings (SSSR count). The van der Waals surface area contributed by atoms with Crippen molar-refractivity contribution in [3.05, 3.63) is 42.6 Å². The van der Waals surface area contributed by atoms with E-state index < -0.39 is 0 Å². The van der Waals surface area contributed by atoms with Crippen molar-refractivity contribution in [1.29, 1.82) is 0 Å². The predicted octanol–water partition coefficient (Wildman–Crippen LogP) is 2.28. The number of aromatic nitrogens is 3. The van der Waals surface area contributed by atoms with Crippen LogP contribution in [0.5, 0.6) is 0 Å². The molecule has 0 atom stereocenters. The second-order valence-corrected chi connectivity index (χ2v) is 3.66. The summed E-state index contributed by atoms with van der Waals surface area (Å²) < 4.78 is 0. The summed E-state index contributed by atoms with van der Waals surface area (Å²) in [5, 5.41) is 3.21. The lowest BCUT2D eigenvalue weighted by molar-refractivity contribution is 1.23. The first kappa shape index (κ1) is 9.65. The highest BCUT2D eigenvalue weighted by Crippen LogP contribution is 2.22. The van der Waals surface area contributed by atoms with E-state index in [9.17, 15) is 0 Å². The van der Waals surface area contributed by atoms with Gasteiger partial charge in [-0.3, -0.25) is 0 Å². The van der Waals surface area contributed by atoms with Gasteiger partial charge in [-0.05, 0) is 18.2 Å². The molecule has 0 aliphatic carbocycles. The summed E-state index contributed by atoms with van der Waals surface area (Å²) >= 11 is 0. The van der Waals surface area contributed by atoms with Gasteiger partial charge in [0.25, 0.3) is 0 Å². The molecule has 1 aromatic carbocycles. The Balaban J connectivity index is 2.08. The van der Waals surface area contributed by atoms with Gasteiger partial charge in [-0.1, -0.05) is 18.2 Å². The number of nitrogens with two attached hydrogens (primary N) is 1. The molecule has 0 aliphatic heterocycles. The normalized spacial score (nSPS) is 10.6. The number of benzene rings is 1. The van der Waals surface area contributed by atoms with E-state index in [1.54, 1.807) is 0 Å². The van der Waals surface area contributed by atoms with Crippen LogP contribution in [0.1, 0.15) is 0 Å². The van der Waals surface area contributed by atoms with Crippen molar-refractivity contribution >= 4 is 28.5 Å². The minimum atomic E-state index is 0.260. The monoisotopic (exact) mass is 225 g/mol. The Morgan fingerprint density at radius 1 is 1.06 bits per heavy atom. The van der Waals surface area contributed by atoms with Gasteiger partial charge in [0.05, 0.1) is 5.52 Å². The third-order valence-electron chi connectivity index (χ3n) is 2.46. The largest absolute Gasteiger partial charge is 0.368 e. The van der Waals surface area contributed by atoms with Gasteiger partial charge in [0.15, 0.2) is 5.82 Å². The topological polar surface area (TPSA) is 79.6 Å². The molecule has 0 saturated heterocycles. The Kier molecular flexibility index (Phi) is 2.15. The summed E-state index contributed by atoms with van der Waals surface area (Å²) in [7, 11) is 0. The molecule has 0 fully saturated rings. The molecule has 0 aliphatic rings. The average molecular weight is 225 g/mol. The lowest BCUT2D eigenvalue weighted by atomic mass is 10.3. The lowest BCUT2D eigenvalue weighted by Gasteiger charge is -2.06. The zero-order valence-electron chi connectivity index (χ0n) is 9.01. The summed E-state index contributed by atoms with van der Waals surface area (Å²) in [4.78, 5) is 11.4. The molecule has 5 nitrogen and oxygen atoms in total. The first-order valence-corrected chi connectivity index (χ1v) is 5.25. The van der Waals surface area contributed by atoms with Crippen LogP contribution >= 0.6 is 0 Å². The molecule has 0 radical (unpaired) electrons. The standard InChI is InChI=1S/C12H11N5/c13-12-16-9-6-7-14-10(9)11(17-12)15-8-4-2-1-3-5-8/h1-7,14H,(H3,13,15,16,17). The van der Waals surface area contributed by atoms with Crippen LogP contribution in [-0.4, -0.2) is 15.0 Å². The summed E-state index contributed by atoms with van der Waals surface area (Å²) in [6, 6.07) is 11.7. The molecule has 2 heterocycles. The van der Waals surface area contributed by atoms with Crippen LogP contribution in [-0.2, 0) is 0 Å². The number of H-pyrrole nitrogens is 1. The molecule has 4 N–H and O–H groups in total. The molecule has 0 bridgehead atoms. The zero-order valence-corrected chi connectivity index (χ0v) is 9.01. The van der Waals surface area contributed by atoms with Crippen LogP contribution in [0.3, 0.4) is 0 Å². The van der Waals surface area contributed by atoms with Gasteiger partial charge in [0.1, 0.15) is 5.52 Å². The van der Waals surface area contributed by atoms with Crippen LogP contribution in [0.25, 0.3) is 11.0 Å². The van der Waals surface area contributed by atoms with Crippen molar-refractivity contribution in [3.8, 4) is 0 Å². The van der Waals surface area contributed by atoms with Crippen LogP contribution in [0.2, 0.25) is 0 Å². The Hall–Kier alpha value is -2.56. The Bertz CT molecular complexity index is 644. The van der Waals surface area contributed by atoms with Gasteiger partial charge in [0.2, 0.25) is 5.95 Å². The number of aromatic amines is 1. The quantitative estimate of drug-likeness (QED) is 0.625. The molecule has 2 aromatic heterocycles. The van der Waals surface area contributed by atoms with Crippen molar-refractivity contribution in [2.24, 2.45) is 0 Å². The molecule has 17 heavy (non-hydrogen) atoms. The number of hydrogen-bond donors (Lipinski definition) is 3. The number of para-hydroxylation sites is 1. The number of rotatable bonds is 2. The maximum Gasteiger partial charge on any atom is 0.222 e. The number of fused-ring (bicyclic) bond motifs is 1. The van der Waals surface area contributed by atoms with E-state index in [1.165, 1.54) is 0 Å². The van der Waals surface area contributed by atoms with Crippen molar-refractivity contribution in [2.75, 3.05) is 11.1 Å². The maximum absolute atomic E-state index is 5.66. The first-order chi connectivity index (χ1) is 8.33. The summed E-state index contributed by atoms with van der Waals surface area (Å²) in [6.45, 7) is 0. The van der Waals surface area contributed by atoms with E-state index >= 15 is 0 Å². The fourth-order valence-corrected chi connectivity index (χ4v) is 1.71. The van der Waals surface area contributed by atoms with Gasteiger partial charge in [0, 0.05) is 11.9 Å². The zero-order chi connectivity index (χ0) is 11.7. The number of nitrogen functional groups attached to an aromatic ring is 1. The summed E-state index contributed by atoms with van der Waals surface area (Å²) in [5.41, 5.74) is 8.27. The van der Waals surface area contributed by atoms with Crippen molar-refractivity contribution in [2.45, 2.75) is 0 Å². The molecule has 3 aromatic rings. The van der Waals surface area contributed by atoms with Gasteiger partial charge >= 0.3 is 0 Å². The number of anilines is 3. The maximum atomic E-state index is 5.66. The molecule has 0 amide bonds. The SMILES string of the molecule is Nc1nc(Nc2ccccc2)c2[nH]ccc2n1. The minimum absolute atomic E-state index is 0.260. The molecule has 0 spiro atoms. The molecule has 0 unspecified atom stereocenters. The van der Waals surface area contributed by atoms with Crippen molar-refractivity contribution in [3.63, 3.8) is 0 Å². The molecule has 0 saturated carbocycles. The second kappa shape index (κ2) is 3.79. The van der Waals surface area contributed by atoms with Crippen molar-refractivity contribution < 1.29 is 0 Å². The van der Waals surface area contributed by atoms with Gasteiger partial charge < -0.3 is 16.0 Å². The highest BCUT2D eigenvalue weighted by Gasteiger charge is 2.06. The van der Waals surface area contributed by atoms with Gasteiger partial charge in [-0.15, -0.1) is 0 Å². The molecular formula is C12H11N5. The highest BCUT2D eigenvalue weighted by molar-refractivity contribution is 5.88. The van der Waals surface area contributed by atoms with Gasteiger partial charge in [-0.25, -0.2) is 4.98 Å². The first-order valence-electron chi connectivity index (χ1n) is 5.25. The van der Waals surface area contributed by atoms with Crippen molar-refractivity contribution in [1.82, 2.24) is 15.0 Å². The Morgan fingerprint density at radius 3 is 2.71 bits per heavy atom. The number of hydrogen-bond acceptors (Lipinski definition) is 4. The number of nitrogens with one attached hydrogen (secondary N) is 2. The average Bonchev–Trinajstić information content (AvgIpc) is 2.78. The van der Waals surface area contributed by atoms with Crippen LogP contribution in [0.4, 0.5) is 17.5 Å². The molecule has 5 heteroatoms. The van der Waals surface area contributed by atoms with E-state index in [1.807, 2.05) is 42.6 Å². The van der Waals surface area contributed by atoms with Gasteiger partial charge in [-0.2, -0.15) is 4.98 Å². The predicted molar refractivity (Wildman–Crippen MR) is 68.0 cm³/mol. The van der Waals surface area contributed by atoms with E-state index in [0.29, 0.717) is 5.82 Å². The summed E-state index contributed by atoms with van der Waals surface area (Å²) in [5.74, 6) is 0.944. The fraction of sp³-hybridized carbons (Fsp3) is 0. The van der Waals surface area contributed by atoms with Crippen LogP contribution in [0.15, 0.2) is 42.6 Å². The Morgan fingerprint density at radius 2 is 1.88 bits per heavy atom. The third-order valence-corrected chi connectivity index (χ3v) is 2.46. The fourth-order valence-electron chi connectivity index (χ4n) is 1.71. The third kappa shape index (κ3) is 1.78.